The van der Waals surface area contributed by atoms with Gasteiger partial charge in [-0.15, -0.1) is 0 Å². The number of carboxylic acid groups (broad SMARTS) is 1. The van der Waals surface area contributed by atoms with Crippen molar-refractivity contribution >= 4 is 17.0 Å². The topological polar surface area (TPSA) is 106 Å². The van der Waals surface area contributed by atoms with Crippen molar-refractivity contribution in [1.82, 2.24) is 14.5 Å². The van der Waals surface area contributed by atoms with Crippen molar-refractivity contribution in [2.24, 2.45) is 0 Å². The number of quaternary nitrogens is 1. The maximum atomic E-state index is 14.8. The summed E-state index contributed by atoms with van der Waals surface area (Å²) in [5, 5.41) is 12.6. The molecule has 0 spiro atoms. The van der Waals surface area contributed by atoms with E-state index in [1.807, 2.05) is 0 Å². The highest BCUT2D eigenvalue weighted by molar-refractivity contribution is 5.81. The van der Waals surface area contributed by atoms with Gasteiger partial charge in [-0.2, -0.15) is 0 Å². The van der Waals surface area contributed by atoms with E-state index < -0.39 is 11.9 Å². The minimum Gasteiger partial charge on any atom is -0.530 e. The molecule has 0 atom stereocenters. The van der Waals surface area contributed by atoms with Crippen LogP contribution in [0.3, 0.4) is 0 Å². The molecule has 0 bridgehead atoms. The Balaban J connectivity index is 1.34. The molecular weight excluding hydrogens is 531 g/mol. The third-order valence-electron chi connectivity index (χ3n) is 8.72. The van der Waals surface area contributed by atoms with E-state index in [0.29, 0.717) is 90.6 Å². The number of benzene rings is 1. The molecule has 1 fully saturated rings. The number of hydrogen-bond acceptors (Lipinski definition) is 7. The van der Waals surface area contributed by atoms with Crippen LogP contribution >= 0.6 is 0 Å². The predicted molar refractivity (Wildman–Crippen MR) is 149 cm³/mol. The van der Waals surface area contributed by atoms with Crippen LogP contribution in [0.1, 0.15) is 39.3 Å². The second kappa shape index (κ2) is 11.2. The maximum Gasteiger partial charge on any atom is 0.251 e. The van der Waals surface area contributed by atoms with Crippen molar-refractivity contribution < 1.29 is 33.0 Å². The molecule has 0 N–H and O–H groups in total. The zero-order valence-electron chi connectivity index (χ0n) is 24.0. The molecule has 41 heavy (non-hydrogen) atoms. The molecule has 1 amide bonds. The fourth-order valence-electron chi connectivity index (χ4n) is 6.15. The number of halogens is 1. The van der Waals surface area contributed by atoms with Gasteiger partial charge < -0.3 is 38.1 Å². The van der Waals surface area contributed by atoms with Gasteiger partial charge in [-0.05, 0) is 26.8 Å². The summed E-state index contributed by atoms with van der Waals surface area (Å²) in [4.78, 5) is 30.9. The van der Waals surface area contributed by atoms with Crippen LogP contribution in [-0.2, 0) is 13.1 Å². The predicted octanol–water partition coefficient (Wildman–Crippen LogP) is 2.94. The van der Waals surface area contributed by atoms with Crippen molar-refractivity contribution in [2.75, 3.05) is 40.0 Å². The van der Waals surface area contributed by atoms with Gasteiger partial charge in [0.1, 0.15) is 30.9 Å². The van der Waals surface area contributed by atoms with Crippen LogP contribution in [0, 0.1) is 5.82 Å². The molecule has 2 aromatic heterocycles. The molecule has 5 rings (SSSR count). The van der Waals surface area contributed by atoms with Gasteiger partial charge in [0, 0.05) is 48.5 Å². The van der Waals surface area contributed by atoms with E-state index in [2.05, 4.69) is 25.8 Å². The van der Waals surface area contributed by atoms with Crippen LogP contribution < -0.4 is 24.9 Å². The Morgan fingerprint density at radius 3 is 2.54 bits per heavy atom. The largest absolute Gasteiger partial charge is 0.530 e. The first-order valence-corrected chi connectivity index (χ1v) is 14.0. The van der Waals surface area contributed by atoms with Crippen molar-refractivity contribution in [2.45, 2.75) is 58.3 Å². The second-order valence-corrected chi connectivity index (χ2v) is 11.8. The lowest BCUT2D eigenvalue weighted by atomic mass is 9.92. The molecule has 11 heteroatoms. The van der Waals surface area contributed by atoms with Gasteiger partial charge in [0.15, 0.2) is 11.5 Å². The van der Waals surface area contributed by atoms with Crippen LogP contribution in [0.5, 0.6) is 17.2 Å². The van der Waals surface area contributed by atoms with Gasteiger partial charge in [-0.25, -0.2) is 4.39 Å². The number of fused-ring (bicyclic) bond motifs is 2. The smallest absolute Gasteiger partial charge is 0.251 e. The van der Waals surface area contributed by atoms with Gasteiger partial charge in [0.05, 0.1) is 62.8 Å². The molecule has 3 aromatic rings. The SMILES string of the molecule is COc1cc(F)c2ccc(=O)n(CC[N+]3(C(C)(C)C)CCC(N(Cc4cc5c(cn4)OCCO5)C(=O)[O-])CC3)c2c1. The molecule has 2 aliphatic rings. The molecule has 2 aliphatic heterocycles. The number of aromatic nitrogens is 2. The van der Waals surface area contributed by atoms with Crippen molar-refractivity contribution in [3.8, 4) is 17.2 Å². The number of amides is 1. The first-order chi connectivity index (χ1) is 19.5. The van der Waals surface area contributed by atoms with Gasteiger partial charge in [-0.1, -0.05) is 0 Å². The molecule has 10 nitrogen and oxygen atoms in total. The summed E-state index contributed by atoms with van der Waals surface area (Å²) in [7, 11) is 1.47. The van der Waals surface area contributed by atoms with E-state index in [9.17, 15) is 19.1 Å². The molecular formula is C30H37FN4O6. The standard InChI is InChI=1S/C30H37FN4O6/c1-30(2,3)35(12-9-33-25-17-22(39-4)16-24(31)23(25)5-6-28(33)36)10-7-21(8-11-35)34(29(37)38)19-20-15-26-27(18-32-20)41-14-13-40-26/h5-6,15-18,21H,7-14,19H2,1-4H3. The zero-order chi connectivity index (χ0) is 29.4. The van der Waals surface area contributed by atoms with Gasteiger partial charge in [0.2, 0.25) is 0 Å². The Hall–Kier alpha value is -3.86. The third-order valence-corrected chi connectivity index (χ3v) is 8.72. The summed E-state index contributed by atoms with van der Waals surface area (Å²) in [6, 6.07) is 7.40. The Kier molecular flexibility index (Phi) is 7.83. The Labute approximate surface area is 238 Å². The normalized spacial score (nSPS) is 20.6. The monoisotopic (exact) mass is 568 g/mol. The van der Waals surface area contributed by atoms with Gasteiger partial charge >= 0.3 is 0 Å². The first-order valence-electron chi connectivity index (χ1n) is 14.0. The number of rotatable bonds is 7. The number of hydrogen-bond donors (Lipinski definition) is 0. The summed E-state index contributed by atoms with van der Waals surface area (Å²) in [6.07, 6.45) is 1.59. The minimum absolute atomic E-state index is 0.0952. The van der Waals surface area contributed by atoms with Crippen molar-refractivity contribution in [3.05, 3.63) is 58.4 Å². The van der Waals surface area contributed by atoms with Crippen LogP contribution in [0.2, 0.25) is 0 Å². The Morgan fingerprint density at radius 1 is 1.17 bits per heavy atom. The number of pyridine rings is 2. The summed E-state index contributed by atoms with van der Waals surface area (Å²) < 4.78 is 33.5. The number of ether oxygens (including phenoxy) is 3. The van der Waals surface area contributed by atoms with Crippen LogP contribution in [-0.4, -0.2) is 76.6 Å². The fourth-order valence-corrected chi connectivity index (χ4v) is 6.15. The summed E-state index contributed by atoms with van der Waals surface area (Å²) in [5.41, 5.74) is 0.679. The number of carbonyl (C=O) groups is 1. The summed E-state index contributed by atoms with van der Waals surface area (Å²) >= 11 is 0. The lowest BCUT2D eigenvalue weighted by Gasteiger charge is -2.53. The first kappa shape index (κ1) is 28.7. The van der Waals surface area contributed by atoms with Crippen molar-refractivity contribution in [3.63, 3.8) is 0 Å². The highest BCUT2D eigenvalue weighted by atomic mass is 19.1. The van der Waals surface area contributed by atoms with E-state index in [1.165, 1.54) is 30.2 Å². The average molecular weight is 569 g/mol. The van der Waals surface area contributed by atoms with E-state index in [4.69, 9.17) is 14.2 Å². The summed E-state index contributed by atoms with van der Waals surface area (Å²) in [6.45, 7) is 9.91. The molecule has 0 radical (unpaired) electrons. The number of nitrogens with zero attached hydrogens (tertiary/aromatic N) is 4. The lowest BCUT2D eigenvalue weighted by molar-refractivity contribution is -0.975. The fraction of sp³-hybridized carbons (Fsp3) is 0.500. The van der Waals surface area contributed by atoms with Gasteiger partial charge in [0.25, 0.3) is 5.56 Å². The third kappa shape index (κ3) is 5.68. The highest BCUT2D eigenvalue weighted by Gasteiger charge is 2.44. The summed E-state index contributed by atoms with van der Waals surface area (Å²) in [5.74, 6) is 1.03. The average Bonchev–Trinajstić information content (AvgIpc) is 2.94. The highest BCUT2D eigenvalue weighted by Crippen LogP contribution is 2.34. The molecule has 0 saturated carbocycles. The quantitative estimate of drug-likeness (QED) is 0.404. The van der Waals surface area contributed by atoms with E-state index in [1.54, 1.807) is 22.9 Å². The lowest BCUT2D eigenvalue weighted by Crippen LogP contribution is -2.66. The molecule has 0 aliphatic carbocycles. The second-order valence-electron chi connectivity index (χ2n) is 11.8. The number of likely N-dealkylation sites (tertiary alicyclic amines) is 1. The molecule has 4 heterocycles. The van der Waals surface area contributed by atoms with E-state index in [0.717, 1.165) is 0 Å². The number of piperidine rings is 1. The minimum atomic E-state index is -1.24. The molecule has 1 saturated heterocycles. The zero-order valence-corrected chi connectivity index (χ0v) is 24.0. The Morgan fingerprint density at radius 2 is 1.88 bits per heavy atom. The number of carbonyl (C=O) groups excluding carboxylic acids is 1. The van der Waals surface area contributed by atoms with E-state index in [-0.39, 0.29) is 23.7 Å². The van der Waals surface area contributed by atoms with E-state index >= 15 is 0 Å². The molecule has 0 unspecified atom stereocenters. The molecule has 1 aromatic carbocycles. The van der Waals surface area contributed by atoms with Crippen LogP contribution in [0.15, 0.2) is 41.3 Å². The van der Waals surface area contributed by atoms with Gasteiger partial charge in [-0.3, -0.25) is 9.78 Å². The maximum absolute atomic E-state index is 14.8. The van der Waals surface area contributed by atoms with Crippen LogP contribution in [0.25, 0.3) is 10.9 Å². The Bertz CT molecular complexity index is 1490. The van der Waals surface area contributed by atoms with Crippen LogP contribution in [0.4, 0.5) is 9.18 Å². The number of methoxy groups -OCH3 is 1. The van der Waals surface area contributed by atoms with Crippen molar-refractivity contribution in [1.29, 1.82) is 0 Å². The molecule has 220 valence electrons.